The molecule has 6 heteroatoms. The molecule has 1 heterocycles. The number of nitrogens with one attached hydrogen (secondary N) is 1. The maximum absolute atomic E-state index is 6.21. The lowest BCUT2D eigenvalue weighted by atomic mass is 10.3. The highest BCUT2D eigenvalue weighted by molar-refractivity contribution is 7.99. The number of benzene rings is 1. The highest BCUT2D eigenvalue weighted by Crippen LogP contribution is 2.36. The van der Waals surface area contributed by atoms with Crippen molar-refractivity contribution < 1.29 is 0 Å². The summed E-state index contributed by atoms with van der Waals surface area (Å²) in [5, 5.41) is 5.32. The number of anilines is 1. The van der Waals surface area contributed by atoms with E-state index in [4.69, 9.17) is 23.2 Å². The summed E-state index contributed by atoms with van der Waals surface area (Å²) in [5.74, 6) is 1.65. The zero-order valence-corrected chi connectivity index (χ0v) is 13.8. The standard InChI is InChI=1S/C14H15Cl2N3S/c1-4-12-18-13(17-3)8(2)14(19-12)20-11-7-9(15)5-6-10(11)16/h5-7H,4H2,1-3H3,(H,17,18,19). The zero-order chi connectivity index (χ0) is 14.7. The minimum absolute atomic E-state index is 0.660. The molecule has 0 aliphatic heterocycles. The highest BCUT2D eigenvalue weighted by atomic mass is 35.5. The van der Waals surface area contributed by atoms with Gasteiger partial charge in [-0.15, -0.1) is 0 Å². The van der Waals surface area contributed by atoms with Gasteiger partial charge in [-0.25, -0.2) is 9.97 Å². The average Bonchev–Trinajstić information content (AvgIpc) is 2.45. The number of aryl methyl sites for hydroxylation is 1. The van der Waals surface area contributed by atoms with E-state index in [2.05, 4.69) is 15.3 Å². The molecule has 2 rings (SSSR count). The van der Waals surface area contributed by atoms with Crippen molar-refractivity contribution >= 4 is 40.8 Å². The summed E-state index contributed by atoms with van der Waals surface area (Å²) in [7, 11) is 1.86. The maximum atomic E-state index is 6.21. The summed E-state index contributed by atoms with van der Waals surface area (Å²) in [5.41, 5.74) is 1.01. The Kier molecular flexibility index (Phi) is 5.13. The van der Waals surface area contributed by atoms with Crippen LogP contribution < -0.4 is 5.32 Å². The van der Waals surface area contributed by atoms with Crippen LogP contribution in [0.25, 0.3) is 0 Å². The van der Waals surface area contributed by atoms with Gasteiger partial charge in [0.1, 0.15) is 16.7 Å². The Labute approximate surface area is 133 Å². The number of hydrogen-bond acceptors (Lipinski definition) is 4. The molecule has 0 aliphatic rings. The second kappa shape index (κ2) is 6.66. The van der Waals surface area contributed by atoms with Gasteiger partial charge in [-0.2, -0.15) is 0 Å². The number of rotatable bonds is 4. The molecule has 106 valence electrons. The van der Waals surface area contributed by atoms with Crippen molar-refractivity contribution in [3.05, 3.63) is 39.6 Å². The van der Waals surface area contributed by atoms with Crippen LogP contribution >= 0.6 is 35.0 Å². The zero-order valence-electron chi connectivity index (χ0n) is 11.5. The van der Waals surface area contributed by atoms with E-state index in [1.54, 1.807) is 12.1 Å². The van der Waals surface area contributed by atoms with Gasteiger partial charge in [0.15, 0.2) is 0 Å². The molecule has 0 amide bonds. The van der Waals surface area contributed by atoms with Crippen molar-refractivity contribution in [2.75, 3.05) is 12.4 Å². The van der Waals surface area contributed by atoms with Crippen LogP contribution in [-0.2, 0) is 6.42 Å². The fraction of sp³-hybridized carbons (Fsp3) is 0.286. The maximum Gasteiger partial charge on any atom is 0.133 e. The van der Waals surface area contributed by atoms with Gasteiger partial charge in [0.25, 0.3) is 0 Å². The van der Waals surface area contributed by atoms with Gasteiger partial charge in [0.05, 0.1) is 5.02 Å². The van der Waals surface area contributed by atoms with Crippen LogP contribution in [0.15, 0.2) is 28.1 Å². The van der Waals surface area contributed by atoms with Crippen molar-refractivity contribution in [1.29, 1.82) is 0 Å². The van der Waals surface area contributed by atoms with Crippen LogP contribution in [0.2, 0.25) is 10.0 Å². The molecule has 0 saturated carbocycles. The summed E-state index contributed by atoms with van der Waals surface area (Å²) < 4.78 is 0. The van der Waals surface area contributed by atoms with Crippen LogP contribution in [0.1, 0.15) is 18.3 Å². The first-order chi connectivity index (χ1) is 9.55. The first-order valence-electron chi connectivity index (χ1n) is 6.23. The number of halogens is 2. The molecular weight excluding hydrogens is 313 g/mol. The molecule has 0 unspecified atom stereocenters. The van der Waals surface area contributed by atoms with Gasteiger partial charge in [0.2, 0.25) is 0 Å². The predicted molar refractivity (Wildman–Crippen MR) is 86.3 cm³/mol. The second-order valence-electron chi connectivity index (χ2n) is 4.20. The quantitative estimate of drug-likeness (QED) is 0.815. The summed E-state index contributed by atoms with van der Waals surface area (Å²) in [6.07, 6.45) is 0.784. The molecule has 1 aromatic carbocycles. The molecule has 1 N–H and O–H groups in total. The Balaban J connectivity index is 2.44. The smallest absolute Gasteiger partial charge is 0.133 e. The molecule has 1 aromatic heterocycles. The molecule has 0 fully saturated rings. The van der Waals surface area contributed by atoms with E-state index in [0.717, 1.165) is 33.5 Å². The van der Waals surface area contributed by atoms with E-state index in [1.807, 2.05) is 27.0 Å². The average molecular weight is 328 g/mol. The molecule has 0 radical (unpaired) electrons. The third kappa shape index (κ3) is 3.37. The lowest BCUT2D eigenvalue weighted by Gasteiger charge is -2.12. The summed E-state index contributed by atoms with van der Waals surface area (Å²) >= 11 is 13.7. The normalized spacial score (nSPS) is 10.7. The fourth-order valence-electron chi connectivity index (χ4n) is 1.70. The lowest BCUT2D eigenvalue weighted by molar-refractivity contribution is 0.874. The minimum Gasteiger partial charge on any atom is -0.373 e. The predicted octanol–water partition coefficient (Wildman–Crippen LogP) is 4.85. The van der Waals surface area contributed by atoms with Crippen LogP contribution in [0.3, 0.4) is 0 Å². The summed E-state index contributed by atoms with van der Waals surface area (Å²) in [6.45, 7) is 4.02. The van der Waals surface area contributed by atoms with E-state index < -0.39 is 0 Å². The Hall–Kier alpha value is -0.970. The molecule has 0 spiro atoms. The summed E-state index contributed by atoms with van der Waals surface area (Å²) in [4.78, 5) is 9.93. The summed E-state index contributed by atoms with van der Waals surface area (Å²) in [6, 6.07) is 5.42. The molecule has 20 heavy (non-hydrogen) atoms. The van der Waals surface area contributed by atoms with Gasteiger partial charge < -0.3 is 5.32 Å². The Morgan fingerprint density at radius 1 is 1.25 bits per heavy atom. The SMILES string of the molecule is CCc1nc(NC)c(C)c(Sc2cc(Cl)ccc2Cl)n1. The van der Waals surface area contributed by atoms with Crippen molar-refractivity contribution in [1.82, 2.24) is 9.97 Å². The number of aromatic nitrogens is 2. The van der Waals surface area contributed by atoms with E-state index in [0.29, 0.717) is 10.0 Å². The first-order valence-corrected chi connectivity index (χ1v) is 7.80. The van der Waals surface area contributed by atoms with Gasteiger partial charge >= 0.3 is 0 Å². The largest absolute Gasteiger partial charge is 0.373 e. The van der Waals surface area contributed by atoms with Crippen molar-refractivity contribution in [3.8, 4) is 0 Å². The molecule has 0 aliphatic carbocycles. The monoisotopic (exact) mass is 327 g/mol. The Morgan fingerprint density at radius 3 is 2.65 bits per heavy atom. The third-order valence-electron chi connectivity index (χ3n) is 2.80. The van der Waals surface area contributed by atoms with Crippen LogP contribution in [-0.4, -0.2) is 17.0 Å². The van der Waals surface area contributed by atoms with E-state index in [1.165, 1.54) is 11.8 Å². The highest BCUT2D eigenvalue weighted by Gasteiger charge is 2.12. The molecule has 2 aromatic rings. The van der Waals surface area contributed by atoms with E-state index >= 15 is 0 Å². The van der Waals surface area contributed by atoms with Crippen molar-refractivity contribution in [2.45, 2.75) is 30.2 Å². The van der Waals surface area contributed by atoms with Crippen molar-refractivity contribution in [2.24, 2.45) is 0 Å². The number of nitrogens with zero attached hydrogens (tertiary/aromatic N) is 2. The number of hydrogen-bond donors (Lipinski definition) is 1. The molecular formula is C14H15Cl2N3S. The van der Waals surface area contributed by atoms with Crippen molar-refractivity contribution in [3.63, 3.8) is 0 Å². The van der Waals surface area contributed by atoms with Crippen LogP contribution in [0, 0.1) is 6.92 Å². The Bertz CT molecular complexity index is 632. The minimum atomic E-state index is 0.660. The van der Waals surface area contributed by atoms with Gasteiger partial charge in [-0.05, 0) is 25.1 Å². The molecule has 3 nitrogen and oxygen atoms in total. The topological polar surface area (TPSA) is 37.8 Å². The third-order valence-corrected chi connectivity index (χ3v) is 4.63. The van der Waals surface area contributed by atoms with Crippen LogP contribution in [0.4, 0.5) is 5.82 Å². The van der Waals surface area contributed by atoms with E-state index in [9.17, 15) is 0 Å². The van der Waals surface area contributed by atoms with Crippen LogP contribution in [0.5, 0.6) is 0 Å². The Morgan fingerprint density at radius 2 is 2.00 bits per heavy atom. The van der Waals surface area contributed by atoms with Gasteiger partial charge in [-0.1, -0.05) is 41.9 Å². The molecule has 0 atom stereocenters. The van der Waals surface area contributed by atoms with Gasteiger partial charge in [0, 0.05) is 29.0 Å². The fourth-order valence-corrected chi connectivity index (χ4v) is 3.13. The second-order valence-corrected chi connectivity index (χ2v) is 6.07. The first kappa shape index (κ1) is 15.4. The molecule has 0 saturated heterocycles. The van der Waals surface area contributed by atoms with Gasteiger partial charge in [-0.3, -0.25) is 0 Å². The lowest BCUT2D eigenvalue weighted by Crippen LogP contribution is -2.04. The van der Waals surface area contributed by atoms with E-state index in [-0.39, 0.29) is 0 Å². The molecule has 0 bridgehead atoms.